The van der Waals surface area contributed by atoms with E-state index in [1.807, 2.05) is 0 Å². The summed E-state index contributed by atoms with van der Waals surface area (Å²) in [5, 5.41) is 5.01. The van der Waals surface area contributed by atoms with Gasteiger partial charge >= 0.3 is 0 Å². The summed E-state index contributed by atoms with van der Waals surface area (Å²) in [6.07, 6.45) is 2.39. The Morgan fingerprint density at radius 3 is 2.75 bits per heavy atom. The monoisotopic (exact) mass is 272 g/mol. The van der Waals surface area contributed by atoms with E-state index in [1.165, 1.54) is 35.0 Å². The van der Waals surface area contributed by atoms with Crippen molar-refractivity contribution in [3.05, 3.63) is 35.5 Å². The number of hydrogen-bond acceptors (Lipinski definition) is 2. The van der Waals surface area contributed by atoms with Crippen LogP contribution in [0.3, 0.4) is 0 Å². The molecule has 3 heteroatoms. The largest absolute Gasteiger partial charge is 0.381 e. The van der Waals surface area contributed by atoms with Crippen LogP contribution < -0.4 is 5.32 Å². The lowest BCUT2D eigenvalue weighted by Gasteiger charge is -2.22. The van der Waals surface area contributed by atoms with E-state index in [4.69, 9.17) is 4.74 Å². The van der Waals surface area contributed by atoms with E-state index in [2.05, 4.69) is 48.1 Å². The molecule has 1 aromatic carbocycles. The van der Waals surface area contributed by atoms with Gasteiger partial charge in [0.1, 0.15) is 0 Å². The van der Waals surface area contributed by atoms with Crippen LogP contribution >= 0.6 is 0 Å². The van der Waals surface area contributed by atoms with Gasteiger partial charge in [0.15, 0.2) is 0 Å². The van der Waals surface area contributed by atoms with Gasteiger partial charge in [0, 0.05) is 43.4 Å². The topological polar surface area (TPSA) is 26.2 Å². The normalized spacial score (nSPS) is 16.9. The van der Waals surface area contributed by atoms with Crippen molar-refractivity contribution in [3.8, 4) is 0 Å². The van der Waals surface area contributed by atoms with Gasteiger partial charge in [0.05, 0.1) is 0 Å². The fourth-order valence-corrected chi connectivity index (χ4v) is 3.23. The number of fused-ring (bicyclic) bond motifs is 1. The second kappa shape index (κ2) is 5.98. The third-order valence-electron chi connectivity index (χ3n) is 4.57. The van der Waals surface area contributed by atoms with Crippen molar-refractivity contribution in [2.45, 2.75) is 26.3 Å². The van der Waals surface area contributed by atoms with Gasteiger partial charge in [-0.15, -0.1) is 0 Å². The molecular weight excluding hydrogens is 248 g/mol. The number of nitrogens with one attached hydrogen (secondary N) is 1. The molecule has 1 N–H and O–H groups in total. The summed E-state index contributed by atoms with van der Waals surface area (Å²) >= 11 is 0. The van der Waals surface area contributed by atoms with Crippen LogP contribution in [0.15, 0.2) is 24.3 Å². The number of rotatable bonds is 4. The smallest absolute Gasteiger partial charge is 0.0483 e. The quantitative estimate of drug-likeness (QED) is 0.926. The van der Waals surface area contributed by atoms with E-state index >= 15 is 0 Å². The van der Waals surface area contributed by atoms with Gasteiger partial charge in [-0.05, 0) is 43.9 Å². The molecule has 1 aliphatic rings. The van der Waals surface area contributed by atoms with Crippen LogP contribution in [0.5, 0.6) is 0 Å². The number of aryl methyl sites for hydroxylation is 2. The van der Waals surface area contributed by atoms with E-state index in [1.54, 1.807) is 0 Å². The highest BCUT2D eigenvalue weighted by molar-refractivity contribution is 5.85. The zero-order chi connectivity index (χ0) is 13.9. The molecule has 0 radical (unpaired) electrons. The van der Waals surface area contributed by atoms with Crippen molar-refractivity contribution in [2.24, 2.45) is 13.0 Å². The molecule has 1 fully saturated rings. The molecule has 0 atom stereocenters. The van der Waals surface area contributed by atoms with Crippen LogP contribution in [0, 0.1) is 12.8 Å². The van der Waals surface area contributed by atoms with Crippen molar-refractivity contribution >= 4 is 10.9 Å². The predicted molar refractivity (Wildman–Crippen MR) is 82.9 cm³/mol. The molecule has 0 unspecified atom stereocenters. The molecule has 0 aliphatic carbocycles. The van der Waals surface area contributed by atoms with E-state index in [-0.39, 0.29) is 0 Å². The number of hydrogen-bond donors (Lipinski definition) is 1. The van der Waals surface area contributed by atoms with Crippen molar-refractivity contribution < 1.29 is 4.74 Å². The fraction of sp³-hybridized carbons (Fsp3) is 0.529. The Bertz CT molecular complexity index is 543. The van der Waals surface area contributed by atoms with Crippen molar-refractivity contribution in [3.63, 3.8) is 0 Å². The molecular formula is C17H24N2O. The highest BCUT2D eigenvalue weighted by Crippen LogP contribution is 2.24. The Labute approximate surface area is 120 Å². The molecule has 0 amide bonds. The Morgan fingerprint density at radius 1 is 1.25 bits per heavy atom. The zero-order valence-corrected chi connectivity index (χ0v) is 12.5. The third kappa shape index (κ3) is 2.60. The summed E-state index contributed by atoms with van der Waals surface area (Å²) in [5.74, 6) is 0.777. The lowest BCUT2D eigenvalue weighted by atomic mass is 10.0. The van der Waals surface area contributed by atoms with Crippen LogP contribution in [-0.2, 0) is 18.3 Å². The minimum absolute atomic E-state index is 0.777. The molecule has 1 aliphatic heterocycles. The van der Waals surface area contributed by atoms with Crippen molar-refractivity contribution in [1.29, 1.82) is 0 Å². The van der Waals surface area contributed by atoms with Gasteiger partial charge in [-0.25, -0.2) is 0 Å². The minimum Gasteiger partial charge on any atom is -0.381 e. The van der Waals surface area contributed by atoms with Crippen LogP contribution in [0.2, 0.25) is 0 Å². The van der Waals surface area contributed by atoms with E-state index < -0.39 is 0 Å². The Balaban J connectivity index is 1.68. The standard InChI is InChI=1S/C17H24N2O/c1-13-15-5-3-4-6-16(15)19(2)17(13)12-18-11-14-7-9-20-10-8-14/h3-6,14,18H,7-12H2,1-2H3. The average Bonchev–Trinajstić information content (AvgIpc) is 2.74. The molecule has 1 saturated heterocycles. The number of ether oxygens (including phenoxy) is 1. The summed E-state index contributed by atoms with van der Waals surface area (Å²) in [7, 11) is 2.17. The second-order valence-corrected chi connectivity index (χ2v) is 5.83. The first-order chi connectivity index (χ1) is 9.77. The summed E-state index contributed by atoms with van der Waals surface area (Å²) < 4.78 is 7.73. The number of para-hydroxylation sites is 1. The average molecular weight is 272 g/mol. The maximum Gasteiger partial charge on any atom is 0.0483 e. The SMILES string of the molecule is Cc1c(CNCC2CCOCC2)n(C)c2ccccc12. The molecule has 2 heterocycles. The number of benzene rings is 1. The molecule has 3 nitrogen and oxygen atoms in total. The van der Waals surface area contributed by atoms with Crippen LogP contribution in [0.1, 0.15) is 24.1 Å². The Morgan fingerprint density at radius 2 is 2.00 bits per heavy atom. The highest BCUT2D eigenvalue weighted by atomic mass is 16.5. The van der Waals surface area contributed by atoms with E-state index in [9.17, 15) is 0 Å². The van der Waals surface area contributed by atoms with Crippen molar-refractivity contribution in [2.75, 3.05) is 19.8 Å². The van der Waals surface area contributed by atoms with Crippen LogP contribution in [0.4, 0.5) is 0 Å². The first-order valence-electron chi connectivity index (χ1n) is 7.58. The third-order valence-corrected chi connectivity index (χ3v) is 4.57. The Kier molecular flexibility index (Phi) is 4.08. The summed E-state index contributed by atoms with van der Waals surface area (Å²) in [5.41, 5.74) is 4.13. The first-order valence-corrected chi connectivity index (χ1v) is 7.58. The van der Waals surface area contributed by atoms with Gasteiger partial charge in [-0.1, -0.05) is 18.2 Å². The fourth-order valence-electron chi connectivity index (χ4n) is 3.23. The lowest BCUT2D eigenvalue weighted by Crippen LogP contribution is -2.28. The summed E-state index contributed by atoms with van der Waals surface area (Å²) in [4.78, 5) is 0. The molecule has 3 rings (SSSR count). The van der Waals surface area contributed by atoms with E-state index in [0.717, 1.165) is 32.2 Å². The second-order valence-electron chi connectivity index (χ2n) is 5.83. The molecule has 20 heavy (non-hydrogen) atoms. The molecule has 0 bridgehead atoms. The van der Waals surface area contributed by atoms with E-state index in [0.29, 0.717) is 0 Å². The number of aromatic nitrogens is 1. The first kappa shape index (κ1) is 13.7. The number of nitrogens with zero attached hydrogens (tertiary/aromatic N) is 1. The molecule has 1 aromatic heterocycles. The lowest BCUT2D eigenvalue weighted by molar-refractivity contribution is 0.0662. The van der Waals surface area contributed by atoms with Gasteiger partial charge in [-0.2, -0.15) is 0 Å². The molecule has 0 spiro atoms. The molecule has 2 aromatic rings. The molecule has 0 saturated carbocycles. The summed E-state index contributed by atoms with van der Waals surface area (Å²) in [6, 6.07) is 8.65. The van der Waals surface area contributed by atoms with Gasteiger partial charge in [-0.3, -0.25) is 0 Å². The maximum atomic E-state index is 5.41. The van der Waals surface area contributed by atoms with Crippen LogP contribution in [-0.4, -0.2) is 24.3 Å². The highest BCUT2D eigenvalue weighted by Gasteiger charge is 2.14. The summed E-state index contributed by atoms with van der Waals surface area (Å²) in [6.45, 7) is 6.14. The zero-order valence-electron chi connectivity index (χ0n) is 12.5. The van der Waals surface area contributed by atoms with Crippen LogP contribution in [0.25, 0.3) is 10.9 Å². The minimum atomic E-state index is 0.777. The van der Waals surface area contributed by atoms with Gasteiger partial charge in [0.25, 0.3) is 0 Å². The van der Waals surface area contributed by atoms with Gasteiger partial charge in [0.2, 0.25) is 0 Å². The van der Waals surface area contributed by atoms with Crippen molar-refractivity contribution in [1.82, 2.24) is 9.88 Å². The molecule has 108 valence electrons. The Hall–Kier alpha value is -1.32. The predicted octanol–water partition coefficient (Wildman–Crippen LogP) is 3.00. The maximum absolute atomic E-state index is 5.41. The van der Waals surface area contributed by atoms with Gasteiger partial charge < -0.3 is 14.6 Å².